The lowest BCUT2D eigenvalue weighted by atomic mass is 9.44. The zero-order chi connectivity index (χ0) is 14.4. The highest BCUT2D eigenvalue weighted by atomic mass is 15.3. The van der Waals surface area contributed by atoms with Gasteiger partial charge in [0.2, 0.25) is 0 Å². The first-order valence-electron chi connectivity index (χ1n) is 7.91. The molecular formula is C12H31B3N4. The monoisotopic (exact) mass is 264 g/mol. The van der Waals surface area contributed by atoms with E-state index in [1.807, 2.05) is 0 Å². The highest BCUT2D eigenvalue weighted by Crippen LogP contribution is 2.21. The predicted octanol–water partition coefficient (Wildman–Crippen LogP) is 1.58. The highest BCUT2D eigenvalue weighted by molar-refractivity contribution is 6.85. The van der Waals surface area contributed by atoms with E-state index in [0.29, 0.717) is 21.1 Å². The standard InChI is InChI=1S/C12H31B3N4/c1-7-9-11-13-17(4)14(12-10-8-2)19(6)15(16-3)18(13)5/h16H,7-12H2,1-6H3. The quantitative estimate of drug-likeness (QED) is 0.704. The second-order valence-electron chi connectivity index (χ2n) is 5.90. The Hall–Kier alpha value is 0.0348. The van der Waals surface area contributed by atoms with Crippen LogP contribution in [0, 0.1) is 0 Å². The molecule has 0 radical (unpaired) electrons. The van der Waals surface area contributed by atoms with E-state index < -0.39 is 0 Å². The Kier molecular flexibility index (Phi) is 7.51. The topological polar surface area (TPSA) is 21.8 Å². The van der Waals surface area contributed by atoms with Gasteiger partial charge in [0.1, 0.15) is 0 Å². The fourth-order valence-corrected chi connectivity index (χ4v) is 3.38. The summed E-state index contributed by atoms with van der Waals surface area (Å²) in [6.45, 7) is 5.66. The van der Waals surface area contributed by atoms with Crippen molar-refractivity contribution in [1.29, 1.82) is 0 Å². The molecule has 1 aliphatic heterocycles. The van der Waals surface area contributed by atoms with Crippen LogP contribution in [0.4, 0.5) is 0 Å². The highest BCUT2D eigenvalue weighted by Gasteiger charge is 2.46. The van der Waals surface area contributed by atoms with Crippen LogP contribution < -0.4 is 5.23 Å². The normalized spacial score (nSPS) is 19.6. The van der Waals surface area contributed by atoms with Crippen LogP contribution in [0.3, 0.4) is 0 Å². The molecule has 19 heavy (non-hydrogen) atoms. The SMILES string of the molecule is CCCCB1N(C)B(CCCC)N(C)B(NC)N1C. The van der Waals surface area contributed by atoms with E-state index in [9.17, 15) is 0 Å². The van der Waals surface area contributed by atoms with Gasteiger partial charge in [0, 0.05) is 0 Å². The third-order valence-electron chi connectivity index (χ3n) is 4.54. The van der Waals surface area contributed by atoms with Gasteiger partial charge in [-0.2, -0.15) is 0 Å². The summed E-state index contributed by atoms with van der Waals surface area (Å²) in [5.41, 5.74) is 0. The van der Waals surface area contributed by atoms with Crippen LogP contribution in [0.2, 0.25) is 12.6 Å². The summed E-state index contributed by atoms with van der Waals surface area (Å²) in [7, 11) is 9.19. The number of unbranched alkanes of at least 4 members (excludes halogenated alkanes) is 2. The molecule has 0 aliphatic carbocycles. The molecule has 0 atom stereocenters. The smallest absolute Gasteiger partial charge is 0.360 e. The van der Waals surface area contributed by atoms with Gasteiger partial charge in [-0.3, -0.25) is 0 Å². The number of rotatable bonds is 7. The van der Waals surface area contributed by atoms with Crippen LogP contribution in [-0.2, 0) is 0 Å². The van der Waals surface area contributed by atoms with Crippen molar-refractivity contribution in [3.05, 3.63) is 0 Å². The first kappa shape index (κ1) is 17.1. The molecule has 7 heteroatoms. The average molecular weight is 264 g/mol. The molecule has 0 bridgehead atoms. The molecule has 0 aromatic heterocycles. The van der Waals surface area contributed by atoms with Crippen molar-refractivity contribution in [2.24, 2.45) is 0 Å². The van der Waals surface area contributed by atoms with Crippen molar-refractivity contribution >= 4 is 21.1 Å². The molecule has 1 aliphatic rings. The van der Waals surface area contributed by atoms with Gasteiger partial charge in [0.25, 0.3) is 14.0 Å². The van der Waals surface area contributed by atoms with Gasteiger partial charge in [-0.25, -0.2) is 0 Å². The summed E-state index contributed by atoms with van der Waals surface area (Å²) in [5.74, 6) is 0. The molecule has 0 aromatic carbocycles. The van der Waals surface area contributed by atoms with Crippen molar-refractivity contribution in [3.8, 4) is 0 Å². The largest absolute Gasteiger partial charge is 0.379 e. The summed E-state index contributed by atoms with van der Waals surface area (Å²) < 4.78 is 7.51. The maximum atomic E-state index is 3.46. The van der Waals surface area contributed by atoms with Crippen molar-refractivity contribution < 1.29 is 0 Å². The molecule has 0 saturated carbocycles. The maximum Gasteiger partial charge on any atom is 0.379 e. The molecule has 0 spiro atoms. The molecule has 4 nitrogen and oxygen atoms in total. The van der Waals surface area contributed by atoms with E-state index in [-0.39, 0.29) is 0 Å². The fraction of sp³-hybridized carbons (Fsp3) is 1.00. The second kappa shape index (κ2) is 8.35. The van der Waals surface area contributed by atoms with Gasteiger partial charge in [-0.05, 0) is 40.8 Å². The molecule has 108 valence electrons. The van der Waals surface area contributed by atoms with Crippen LogP contribution in [-0.4, -0.2) is 63.4 Å². The van der Waals surface area contributed by atoms with E-state index in [4.69, 9.17) is 0 Å². The molecule has 1 N–H and O–H groups in total. The molecule has 0 unspecified atom stereocenters. The van der Waals surface area contributed by atoms with Gasteiger partial charge >= 0.3 is 7.12 Å². The number of nitrogens with zero attached hydrogens (tertiary/aromatic N) is 3. The van der Waals surface area contributed by atoms with Gasteiger partial charge < -0.3 is 19.4 Å². The number of hydrogen-bond acceptors (Lipinski definition) is 4. The van der Waals surface area contributed by atoms with Crippen molar-refractivity contribution in [3.63, 3.8) is 0 Å². The van der Waals surface area contributed by atoms with Crippen molar-refractivity contribution in [2.45, 2.75) is 52.2 Å². The number of nitrogens with one attached hydrogen (secondary N) is 1. The van der Waals surface area contributed by atoms with E-state index in [2.05, 4.69) is 61.4 Å². The molecule has 1 fully saturated rings. The lowest BCUT2D eigenvalue weighted by molar-refractivity contribution is 0.508. The van der Waals surface area contributed by atoms with Gasteiger partial charge in [0.15, 0.2) is 0 Å². The van der Waals surface area contributed by atoms with Crippen LogP contribution in [0.1, 0.15) is 39.5 Å². The van der Waals surface area contributed by atoms with Gasteiger partial charge in [-0.15, -0.1) is 0 Å². The lowest BCUT2D eigenvalue weighted by Gasteiger charge is -2.50. The Morgan fingerprint density at radius 3 is 1.53 bits per heavy atom. The van der Waals surface area contributed by atoms with Gasteiger partial charge in [0.05, 0.1) is 0 Å². The zero-order valence-electron chi connectivity index (χ0n) is 13.8. The second-order valence-corrected chi connectivity index (χ2v) is 5.90. The van der Waals surface area contributed by atoms with E-state index in [0.717, 1.165) is 0 Å². The van der Waals surface area contributed by atoms with E-state index >= 15 is 0 Å². The Morgan fingerprint density at radius 1 is 0.789 bits per heavy atom. The first-order chi connectivity index (χ1) is 9.08. The summed E-state index contributed by atoms with van der Waals surface area (Å²) in [6.07, 6.45) is 7.69. The summed E-state index contributed by atoms with van der Waals surface area (Å²) >= 11 is 0. The minimum atomic E-state index is 0.347. The fourth-order valence-electron chi connectivity index (χ4n) is 3.38. The Morgan fingerprint density at radius 2 is 1.21 bits per heavy atom. The van der Waals surface area contributed by atoms with Crippen molar-refractivity contribution in [1.82, 2.24) is 19.4 Å². The molecule has 1 saturated heterocycles. The molecule has 1 heterocycles. The lowest BCUT2D eigenvalue weighted by Crippen LogP contribution is -2.78. The summed E-state index contributed by atoms with van der Waals surface area (Å²) in [5, 5.41) is 3.46. The molecule has 0 aromatic rings. The first-order valence-corrected chi connectivity index (χ1v) is 7.91. The van der Waals surface area contributed by atoms with E-state index in [1.165, 1.54) is 38.3 Å². The van der Waals surface area contributed by atoms with Crippen LogP contribution in [0.15, 0.2) is 0 Å². The predicted molar refractivity (Wildman–Crippen MR) is 89.0 cm³/mol. The third kappa shape index (κ3) is 4.00. The minimum absolute atomic E-state index is 0.347. The minimum Gasteiger partial charge on any atom is -0.360 e. The Labute approximate surface area is 121 Å². The molecule has 1 rings (SSSR count). The Bertz CT molecular complexity index is 235. The zero-order valence-corrected chi connectivity index (χ0v) is 13.8. The van der Waals surface area contributed by atoms with E-state index in [1.54, 1.807) is 0 Å². The van der Waals surface area contributed by atoms with Crippen molar-refractivity contribution in [2.75, 3.05) is 28.2 Å². The van der Waals surface area contributed by atoms with Crippen LogP contribution in [0.5, 0.6) is 0 Å². The average Bonchev–Trinajstić information content (AvgIpc) is 2.39. The summed E-state index contributed by atoms with van der Waals surface area (Å²) in [6, 6.07) is 0. The molecule has 0 amide bonds. The molecular weight excluding hydrogens is 233 g/mol. The third-order valence-corrected chi connectivity index (χ3v) is 4.54. The summed E-state index contributed by atoms with van der Waals surface area (Å²) in [4.78, 5) is 0. The maximum absolute atomic E-state index is 3.46. The van der Waals surface area contributed by atoms with Crippen LogP contribution >= 0.6 is 0 Å². The number of hydrogen-bond donors (Lipinski definition) is 1. The van der Waals surface area contributed by atoms with Gasteiger partial charge in [-0.1, -0.05) is 39.5 Å². The van der Waals surface area contributed by atoms with Crippen LogP contribution in [0.25, 0.3) is 0 Å². The Balaban J connectivity index is 2.79.